The first-order valence-corrected chi connectivity index (χ1v) is 8.94. The molecule has 27 heavy (non-hydrogen) atoms. The Hall–Kier alpha value is -3.02. The molecule has 2 aromatic carbocycles. The van der Waals surface area contributed by atoms with E-state index in [2.05, 4.69) is 10.6 Å². The van der Waals surface area contributed by atoms with Gasteiger partial charge in [-0.1, -0.05) is 37.6 Å². The van der Waals surface area contributed by atoms with Gasteiger partial charge in [0.1, 0.15) is 6.04 Å². The summed E-state index contributed by atoms with van der Waals surface area (Å²) in [6.45, 7) is 6.04. The van der Waals surface area contributed by atoms with Crippen LogP contribution in [0.5, 0.6) is 11.5 Å². The number of hydrogen-bond acceptors (Lipinski definition) is 4. The minimum Gasteiger partial charge on any atom is -0.504 e. The maximum atomic E-state index is 12.5. The lowest BCUT2D eigenvalue weighted by atomic mass is 10.0. The van der Waals surface area contributed by atoms with Gasteiger partial charge in [0, 0.05) is 12.1 Å². The number of aryl methyl sites for hydroxylation is 1. The van der Waals surface area contributed by atoms with Crippen LogP contribution in [0.1, 0.15) is 35.3 Å². The summed E-state index contributed by atoms with van der Waals surface area (Å²) in [5, 5.41) is 24.4. The van der Waals surface area contributed by atoms with Crippen LogP contribution in [-0.2, 0) is 11.2 Å². The number of hydrogen-bond donors (Lipinski definition) is 4. The van der Waals surface area contributed by atoms with Gasteiger partial charge in [0.05, 0.1) is 0 Å². The normalized spacial score (nSPS) is 11.9. The molecule has 0 heterocycles. The minimum absolute atomic E-state index is 0.0721. The Morgan fingerprint density at radius 2 is 1.67 bits per heavy atom. The third kappa shape index (κ3) is 5.74. The van der Waals surface area contributed by atoms with E-state index < -0.39 is 6.04 Å². The van der Waals surface area contributed by atoms with Gasteiger partial charge in [0.15, 0.2) is 11.5 Å². The van der Waals surface area contributed by atoms with E-state index in [4.69, 9.17) is 0 Å². The third-order valence-electron chi connectivity index (χ3n) is 4.30. The molecule has 144 valence electrons. The Morgan fingerprint density at radius 1 is 1.00 bits per heavy atom. The lowest BCUT2D eigenvalue weighted by Gasteiger charge is -2.22. The van der Waals surface area contributed by atoms with Crippen molar-refractivity contribution in [2.45, 2.75) is 33.2 Å². The molecule has 2 rings (SSSR count). The highest BCUT2D eigenvalue weighted by molar-refractivity contribution is 5.97. The lowest BCUT2D eigenvalue weighted by Crippen LogP contribution is -2.50. The number of phenolic OH excluding ortho intramolecular Hbond substituents is 2. The van der Waals surface area contributed by atoms with E-state index in [0.29, 0.717) is 18.5 Å². The smallest absolute Gasteiger partial charge is 0.251 e. The standard InChI is InChI=1S/C21H26N2O4/c1-13(2)19(23-20(26)16-7-4-14(3)5-8-16)21(27)22-11-10-15-6-9-17(24)18(25)12-15/h4-9,12-13,19,24-25H,10-11H2,1-3H3,(H,22,27)(H,23,26). The van der Waals surface area contributed by atoms with Gasteiger partial charge in [0.25, 0.3) is 5.91 Å². The van der Waals surface area contributed by atoms with Crippen molar-refractivity contribution in [2.75, 3.05) is 6.54 Å². The summed E-state index contributed by atoms with van der Waals surface area (Å²) in [7, 11) is 0. The van der Waals surface area contributed by atoms with Crippen LogP contribution < -0.4 is 10.6 Å². The molecule has 0 aliphatic carbocycles. The van der Waals surface area contributed by atoms with Crippen LogP contribution in [0, 0.1) is 12.8 Å². The van der Waals surface area contributed by atoms with Crippen molar-refractivity contribution in [3.05, 3.63) is 59.2 Å². The van der Waals surface area contributed by atoms with Gasteiger partial charge in [-0.3, -0.25) is 9.59 Å². The van der Waals surface area contributed by atoms with Gasteiger partial charge in [-0.05, 0) is 49.1 Å². The van der Waals surface area contributed by atoms with Crippen LogP contribution in [0.4, 0.5) is 0 Å². The Kier molecular flexibility index (Phi) is 6.82. The predicted octanol–water partition coefficient (Wildman–Crippen LogP) is 2.52. The topological polar surface area (TPSA) is 98.7 Å². The molecule has 0 aliphatic heterocycles. The first kappa shape index (κ1) is 20.3. The molecule has 0 fully saturated rings. The molecule has 0 saturated carbocycles. The highest BCUT2D eigenvalue weighted by Crippen LogP contribution is 2.24. The number of amides is 2. The Labute approximate surface area is 159 Å². The number of aromatic hydroxyl groups is 2. The number of carbonyl (C=O) groups is 2. The van der Waals surface area contributed by atoms with Crippen LogP contribution in [-0.4, -0.2) is 34.6 Å². The van der Waals surface area contributed by atoms with E-state index in [0.717, 1.165) is 11.1 Å². The Bertz CT molecular complexity index is 800. The van der Waals surface area contributed by atoms with E-state index in [-0.39, 0.29) is 29.2 Å². The molecular formula is C21H26N2O4. The van der Waals surface area contributed by atoms with Gasteiger partial charge in [-0.2, -0.15) is 0 Å². The Morgan fingerprint density at radius 3 is 2.26 bits per heavy atom. The monoisotopic (exact) mass is 370 g/mol. The SMILES string of the molecule is Cc1ccc(C(=O)NC(C(=O)NCCc2ccc(O)c(O)c2)C(C)C)cc1. The van der Waals surface area contributed by atoms with Crippen molar-refractivity contribution in [3.8, 4) is 11.5 Å². The summed E-state index contributed by atoms with van der Waals surface area (Å²) in [6.07, 6.45) is 0.496. The molecule has 1 unspecified atom stereocenters. The fourth-order valence-corrected chi connectivity index (χ4v) is 2.63. The molecular weight excluding hydrogens is 344 g/mol. The molecule has 6 nitrogen and oxygen atoms in total. The number of carbonyl (C=O) groups excluding carboxylic acids is 2. The molecule has 0 saturated heterocycles. The molecule has 6 heteroatoms. The second-order valence-corrected chi connectivity index (χ2v) is 6.93. The predicted molar refractivity (Wildman–Crippen MR) is 104 cm³/mol. The Balaban J connectivity index is 1.92. The molecule has 2 amide bonds. The second-order valence-electron chi connectivity index (χ2n) is 6.93. The lowest BCUT2D eigenvalue weighted by molar-refractivity contribution is -0.123. The van der Waals surface area contributed by atoms with Crippen LogP contribution in [0.2, 0.25) is 0 Å². The highest BCUT2D eigenvalue weighted by Gasteiger charge is 2.24. The molecule has 2 aromatic rings. The van der Waals surface area contributed by atoms with Crippen molar-refractivity contribution in [3.63, 3.8) is 0 Å². The van der Waals surface area contributed by atoms with Crippen molar-refractivity contribution >= 4 is 11.8 Å². The van der Waals surface area contributed by atoms with Crippen LogP contribution in [0.25, 0.3) is 0 Å². The summed E-state index contributed by atoms with van der Waals surface area (Å²) in [5.41, 5.74) is 2.36. The van der Waals surface area contributed by atoms with Gasteiger partial charge in [-0.15, -0.1) is 0 Å². The van der Waals surface area contributed by atoms with E-state index in [9.17, 15) is 19.8 Å². The van der Waals surface area contributed by atoms with E-state index in [1.165, 1.54) is 12.1 Å². The average Bonchev–Trinajstić information content (AvgIpc) is 2.62. The third-order valence-corrected chi connectivity index (χ3v) is 4.30. The van der Waals surface area contributed by atoms with Crippen molar-refractivity contribution < 1.29 is 19.8 Å². The first-order valence-electron chi connectivity index (χ1n) is 8.94. The fourth-order valence-electron chi connectivity index (χ4n) is 2.63. The van der Waals surface area contributed by atoms with Gasteiger partial charge in [0.2, 0.25) is 5.91 Å². The number of nitrogens with one attached hydrogen (secondary N) is 2. The van der Waals surface area contributed by atoms with Crippen LogP contribution in [0.3, 0.4) is 0 Å². The zero-order valence-electron chi connectivity index (χ0n) is 15.8. The van der Waals surface area contributed by atoms with Crippen LogP contribution in [0.15, 0.2) is 42.5 Å². The van der Waals surface area contributed by atoms with Crippen LogP contribution >= 0.6 is 0 Å². The minimum atomic E-state index is -0.646. The summed E-state index contributed by atoms with van der Waals surface area (Å²) in [4.78, 5) is 24.9. The zero-order chi connectivity index (χ0) is 20.0. The molecule has 1 atom stereocenters. The van der Waals surface area contributed by atoms with Crippen molar-refractivity contribution in [1.29, 1.82) is 0 Å². The van der Waals surface area contributed by atoms with E-state index >= 15 is 0 Å². The largest absolute Gasteiger partial charge is 0.504 e. The number of rotatable bonds is 7. The fraction of sp³-hybridized carbons (Fsp3) is 0.333. The molecule has 0 radical (unpaired) electrons. The maximum absolute atomic E-state index is 12.5. The average molecular weight is 370 g/mol. The highest BCUT2D eigenvalue weighted by atomic mass is 16.3. The zero-order valence-corrected chi connectivity index (χ0v) is 15.8. The van der Waals surface area contributed by atoms with Gasteiger partial charge < -0.3 is 20.8 Å². The second kappa shape index (κ2) is 9.07. The molecule has 0 bridgehead atoms. The summed E-state index contributed by atoms with van der Waals surface area (Å²) in [5.74, 6) is -0.983. The van der Waals surface area contributed by atoms with Crippen molar-refractivity contribution in [2.24, 2.45) is 5.92 Å². The van der Waals surface area contributed by atoms with E-state index in [1.807, 2.05) is 32.9 Å². The van der Waals surface area contributed by atoms with E-state index in [1.54, 1.807) is 18.2 Å². The summed E-state index contributed by atoms with van der Waals surface area (Å²) < 4.78 is 0. The number of benzene rings is 2. The molecule has 0 aliphatic rings. The maximum Gasteiger partial charge on any atom is 0.251 e. The molecule has 0 aromatic heterocycles. The first-order chi connectivity index (χ1) is 12.8. The molecule has 4 N–H and O–H groups in total. The quantitative estimate of drug-likeness (QED) is 0.563. The summed E-state index contributed by atoms with van der Waals surface area (Å²) >= 11 is 0. The van der Waals surface area contributed by atoms with Gasteiger partial charge in [-0.25, -0.2) is 0 Å². The summed E-state index contributed by atoms with van der Waals surface area (Å²) in [6, 6.07) is 11.1. The van der Waals surface area contributed by atoms with Crippen molar-refractivity contribution in [1.82, 2.24) is 10.6 Å². The number of phenols is 2. The van der Waals surface area contributed by atoms with Gasteiger partial charge >= 0.3 is 0 Å². The molecule has 0 spiro atoms.